The minimum absolute atomic E-state index is 0.109. The lowest BCUT2D eigenvalue weighted by atomic mass is 9.96. The first-order valence-electron chi connectivity index (χ1n) is 10.3. The van der Waals surface area contributed by atoms with Crippen molar-refractivity contribution in [3.8, 4) is 6.07 Å². The molecule has 0 saturated carbocycles. The van der Waals surface area contributed by atoms with Gasteiger partial charge in [-0.2, -0.15) is 20.2 Å². The summed E-state index contributed by atoms with van der Waals surface area (Å²) in [7, 11) is 7.91. The molecule has 2 aromatic rings. The SMILES string of the molecule is [B]N1CC[C@@H](Nc2nc(Cc3cc(C#N)ccc3C)nc(N(C)CC(C)(C)C)n2)C1. The molecule has 1 aliphatic rings. The van der Waals surface area contributed by atoms with Gasteiger partial charge in [0.25, 0.3) is 0 Å². The molecule has 1 aromatic heterocycles. The van der Waals surface area contributed by atoms with Gasteiger partial charge < -0.3 is 15.0 Å². The second-order valence-electron chi connectivity index (χ2n) is 9.35. The van der Waals surface area contributed by atoms with E-state index in [-0.39, 0.29) is 11.5 Å². The van der Waals surface area contributed by atoms with Crippen LogP contribution in [0.1, 0.15) is 49.7 Å². The third-order valence-corrected chi connectivity index (χ3v) is 5.10. The number of aryl methyl sites for hydroxylation is 1. The van der Waals surface area contributed by atoms with Crippen LogP contribution < -0.4 is 10.2 Å². The standard InChI is InChI=1S/C22H30BN7/c1-15-6-7-16(12-24)10-17(15)11-19-26-20(25-18-8-9-30(23)13-18)28-21(27-19)29(5)14-22(2,3)4/h6-7,10,18H,8-9,11,13-14H2,1-5H3,(H,25,26,27,28)/t18-/m1/s1. The van der Waals surface area contributed by atoms with E-state index >= 15 is 0 Å². The molecular formula is C22H30BN7. The van der Waals surface area contributed by atoms with Gasteiger partial charge >= 0.3 is 0 Å². The third kappa shape index (κ3) is 5.93. The van der Waals surface area contributed by atoms with Crippen LogP contribution in [0.3, 0.4) is 0 Å². The summed E-state index contributed by atoms with van der Waals surface area (Å²) in [5, 5.41) is 12.7. The van der Waals surface area contributed by atoms with Gasteiger partial charge in [-0.3, -0.25) is 0 Å². The Bertz CT molecular complexity index is 932. The summed E-state index contributed by atoms with van der Waals surface area (Å²) in [6, 6.07) is 8.14. The van der Waals surface area contributed by atoms with Gasteiger partial charge in [0, 0.05) is 32.6 Å². The number of nitrogens with one attached hydrogen (secondary N) is 1. The minimum atomic E-state index is 0.109. The highest BCUT2D eigenvalue weighted by Gasteiger charge is 2.22. The molecule has 7 nitrogen and oxygen atoms in total. The molecule has 1 fully saturated rings. The van der Waals surface area contributed by atoms with Gasteiger partial charge in [0.15, 0.2) is 7.98 Å². The zero-order chi connectivity index (χ0) is 21.9. The van der Waals surface area contributed by atoms with Crippen molar-refractivity contribution in [2.45, 2.75) is 46.6 Å². The average Bonchev–Trinajstić information content (AvgIpc) is 3.06. The van der Waals surface area contributed by atoms with Gasteiger partial charge in [0.2, 0.25) is 11.9 Å². The quantitative estimate of drug-likeness (QED) is 0.743. The molecule has 0 bridgehead atoms. The summed E-state index contributed by atoms with van der Waals surface area (Å²) in [4.78, 5) is 18.0. The van der Waals surface area contributed by atoms with Crippen LogP contribution in [0.5, 0.6) is 0 Å². The zero-order valence-electron chi connectivity index (χ0n) is 18.6. The van der Waals surface area contributed by atoms with Crippen LogP contribution in [0, 0.1) is 23.7 Å². The summed E-state index contributed by atoms with van der Waals surface area (Å²) in [5.41, 5.74) is 2.91. The lowest BCUT2D eigenvalue weighted by molar-refractivity contribution is 0.416. The second kappa shape index (κ2) is 9.01. The molecule has 8 heteroatoms. The minimum Gasteiger partial charge on any atom is -0.352 e. The maximum atomic E-state index is 9.25. The molecule has 2 radical (unpaired) electrons. The number of rotatable bonds is 6. The van der Waals surface area contributed by atoms with Crippen molar-refractivity contribution in [3.05, 3.63) is 40.7 Å². The molecule has 1 N–H and O–H groups in total. The summed E-state index contributed by atoms with van der Waals surface area (Å²) < 4.78 is 0. The van der Waals surface area contributed by atoms with Crippen LogP contribution in [-0.2, 0) is 6.42 Å². The fourth-order valence-electron chi connectivity index (χ4n) is 3.69. The van der Waals surface area contributed by atoms with E-state index in [0.717, 1.165) is 37.2 Å². The van der Waals surface area contributed by atoms with Crippen LogP contribution in [0.4, 0.5) is 11.9 Å². The molecule has 156 valence electrons. The molecule has 0 unspecified atom stereocenters. The maximum absolute atomic E-state index is 9.25. The summed E-state index contributed by atoms with van der Waals surface area (Å²) >= 11 is 0. The van der Waals surface area contributed by atoms with E-state index in [4.69, 9.17) is 17.9 Å². The van der Waals surface area contributed by atoms with Gasteiger partial charge in [-0.05, 0) is 48.6 Å². The molecule has 1 saturated heterocycles. The zero-order valence-corrected chi connectivity index (χ0v) is 18.6. The highest BCUT2D eigenvalue weighted by Crippen LogP contribution is 2.21. The number of nitriles is 1. The Labute approximate surface area is 181 Å². The van der Waals surface area contributed by atoms with E-state index in [2.05, 4.69) is 42.0 Å². The predicted octanol–water partition coefficient (Wildman–Crippen LogP) is 2.69. The summed E-state index contributed by atoms with van der Waals surface area (Å²) in [6.45, 7) is 11.0. The van der Waals surface area contributed by atoms with Gasteiger partial charge in [-0.15, -0.1) is 0 Å². The van der Waals surface area contributed by atoms with Crippen molar-refractivity contribution in [2.75, 3.05) is 36.9 Å². The Morgan fingerprint density at radius 2 is 2.07 bits per heavy atom. The monoisotopic (exact) mass is 403 g/mol. The first-order chi connectivity index (χ1) is 14.1. The Morgan fingerprint density at radius 1 is 1.30 bits per heavy atom. The van der Waals surface area contributed by atoms with E-state index in [0.29, 0.717) is 29.7 Å². The highest BCUT2D eigenvalue weighted by molar-refractivity contribution is 6.04. The van der Waals surface area contributed by atoms with Gasteiger partial charge in [0.05, 0.1) is 11.6 Å². The molecule has 0 aliphatic carbocycles. The summed E-state index contributed by atoms with van der Waals surface area (Å²) in [6.07, 6.45) is 1.50. The number of hydrogen-bond donors (Lipinski definition) is 1. The Hall–Kier alpha value is -2.66. The third-order valence-electron chi connectivity index (χ3n) is 5.10. The second-order valence-corrected chi connectivity index (χ2v) is 9.35. The van der Waals surface area contributed by atoms with Crippen LogP contribution in [-0.4, -0.2) is 60.5 Å². The van der Waals surface area contributed by atoms with Crippen molar-refractivity contribution >= 4 is 19.9 Å². The van der Waals surface area contributed by atoms with Crippen LogP contribution >= 0.6 is 0 Å². The smallest absolute Gasteiger partial charge is 0.230 e. The largest absolute Gasteiger partial charge is 0.352 e. The van der Waals surface area contributed by atoms with E-state index in [1.807, 2.05) is 37.0 Å². The van der Waals surface area contributed by atoms with Crippen LogP contribution in [0.25, 0.3) is 0 Å². The molecule has 0 amide bonds. The first-order valence-corrected chi connectivity index (χ1v) is 10.3. The summed E-state index contributed by atoms with van der Waals surface area (Å²) in [5.74, 6) is 1.91. The molecule has 30 heavy (non-hydrogen) atoms. The fraction of sp³-hybridized carbons (Fsp3) is 0.545. The molecular weight excluding hydrogens is 373 g/mol. The van der Waals surface area contributed by atoms with E-state index in [1.165, 1.54) is 0 Å². The van der Waals surface area contributed by atoms with E-state index in [1.54, 1.807) is 0 Å². The fourth-order valence-corrected chi connectivity index (χ4v) is 3.69. The first kappa shape index (κ1) is 22.0. The average molecular weight is 403 g/mol. The van der Waals surface area contributed by atoms with Crippen molar-refractivity contribution < 1.29 is 0 Å². The Kier molecular flexibility index (Phi) is 6.62. The molecule has 1 aliphatic heterocycles. The van der Waals surface area contributed by atoms with Crippen LogP contribution in [0.15, 0.2) is 18.2 Å². The number of nitrogens with zero attached hydrogens (tertiary/aromatic N) is 6. The number of anilines is 2. The number of aromatic nitrogens is 3. The van der Waals surface area contributed by atoms with Crippen molar-refractivity contribution in [3.63, 3.8) is 0 Å². The van der Waals surface area contributed by atoms with Gasteiger partial charge in [0.1, 0.15) is 5.82 Å². The van der Waals surface area contributed by atoms with E-state index in [9.17, 15) is 5.26 Å². The predicted molar refractivity (Wildman–Crippen MR) is 121 cm³/mol. The molecule has 1 atom stereocenters. The molecule has 0 spiro atoms. The topological polar surface area (TPSA) is 81.0 Å². The van der Waals surface area contributed by atoms with E-state index < -0.39 is 0 Å². The molecule has 2 heterocycles. The highest BCUT2D eigenvalue weighted by atomic mass is 15.3. The lowest BCUT2D eigenvalue weighted by Gasteiger charge is -2.27. The van der Waals surface area contributed by atoms with Crippen LogP contribution in [0.2, 0.25) is 0 Å². The lowest BCUT2D eigenvalue weighted by Crippen LogP contribution is -2.31. The normalized spacial score (nSPS) is 17.0. The molecule has 3 rings (SSSR count). The van der Waals surface area contributed by atoms with Crippen molar-refractivity contribution in [1.29, 1.82) is 5.26 Å². The van der Waals surface area contributed by atoms with Gasteiger partial charge in [-0.25, -0.2) is 0 Å². The number of hydrogen-bond acceptors (Lipinski definition) is 7. The molecule has 1 aromatic carbocycles. The maximum Gasteiger partial charge on any atom is 0.230 e. The van der Waals surface area contributed by atoms with Crippen molar-refractivity contribution in [1.82, 2.24) is 19.8 Å². The Balaban J connectivity index is 1.91. The Morgan fingerprint density at radius 3 is 2.70 bits per heavy atom. The van der Waals surface area contributed by atoms with Gasteiger partial charge in [-0.1, -0.05) is 26.8 Å². The van der Waals surface area contributed by atoms with Crippen molar-refractivity contribution in [2.24, 2.45) is 5.41 Å². The number of benzene rings is 1.